The van der Waals surface area contributed by atoms with Crippen LogP contribution in [0, 0.1) is 5.92 Å². The number of sulfonamides is 1. The molecule has 3 rings (SSSR count). The molecule has 2 fully saturated rings. The van der Waals surface area contributed by atoms with Crippen molar-refractivity contribution in [2.45, 2.75) is 25.2 Å². The van der Waals surface area contributed by atoms with Crippen LogP contribution in [0.5, 0.6) is 0 Å². The molecule has 0 bridgehead atoms. The topological polar surface area (TPSA) is 94.8 Å². The summed E-state index contributed by atoms with van der Waals surface area (Å²) in [5.41, 5.74) is 0. The average molecular weight is 345 g/mol. The summed E-state index contributed by atoms with van der Waals surface area (Å²) in [6.07, 6.45) is 3.93. The molecule has 130 valence electrons. The van der Waals surface area contributed by atoms with Crippen LogP contribution in [0.1, 0.15) is 30.5 Å². The number of hydrogen-bond donors (Lipinski definition) is 0. The molecule has 3 heterocycles. The Morgan fingerprint density at radius 3 is 2.74 bits per heavy atom. The maximum absolute atomic E-state index is 11.3. The summed E-state index contributed by atoms with van der Waals surface area (Å²) in [7, 11) is -3.11. The van der Waals surface area contributed by atoms with Crippen molar-refractivity contribution in [3.8, 4) is 0 Å². The summed E-state index contributed by atoms with van der Waals surface area (Å²) in [5, 5.41) is 3.94. The van der Waals surface area contributed by atoms with E-state index in [1.165, 1.54) is 10.6 Å². The molecule has 0 aromatic carbocycles. The molecule has 2 aliphatic heterocycles. The Hall–Kier alpha value is -1.03. The van der Waals surface area contributed by atoms with E-state index in [9.17, 15) is 8.42 Å². The minimum atomic E-state index is -3.11. The van der Waals surface area contributed by atoms with Gasteiger partial charge in [0.2, 0.25) is 15.9 Å². The SMILES string of the molecule is CS(=O)(=O)N1CC(c2nc(CCOCC3CCOCC3)no2)C1. The van der Waals surface area contributed by atoms with Crippen LogP contribution in [0.2, 0.25) is 0 Å². The van der Waals surface area contributed by atoms with Crippen molar-refractivity contribution in [3.05, 3.63) is 11.7 Å². The minimum absolute atomic E-state index is 0.00846. The lowest BCUT2D eigenvalue weighted by atomic mass is 10.0. The Bertz CT molecular complexity index is 606. The zero-order chi connectivity index (χ0) is 16.3. The zero-order valence-corrected chi connectivity index (χ0v) is 14.1. The van der Waals surface area contributed by atoms with E-state index in [-0.39, 0.29) is 5.92 Å². The minimum Gasteiger partial charge on any atom is -0.381 e. The Kier molecular flexibility index (Phi) is 5.30. The summed E-state index contributed by atoms with van der Waals surface area (Å²) >= 11 is 0. The van der Waals surface area contributed by atoms with Gasteiger partial charge in [0.1, 0.15) is 0 Å². The standard InChI is InChI=1S/C14H23N3O5S/c1-23(18,19)17-8-12(9-17)14-15-13(16-22-14)4-7-21-10-11-2-5-20-6-3-11/h11-12H,2-10H2,1H3. The van der Waals surface area contributed by atoms with Crippen molar-refractivity contribution in [2.75, 3.05) is 45.8 Å². The predicted molar refractivity (Wildman–Crippen MR) is 81.5 cm³/mol. The molecule has 0 N–H and O–H groups in total. The molecule has 0 unspecified atom stereocenters. The molecule has 0 atom stereocenters. The molecule has 1 aromatic heterocycles. The summed E-state index contributed by atoms with van der Waals surface area (Å²) in [4.78, 5) is 4.33. The van der Waals surface area contributed by atoms with Gasteiger partial charge in [0, 0.05) is 39.3 Å². The second-order valence-corrected chi connectivity index (χ2v) is 8.19. The van der Waals surface area contributed by atoms with Crippen molar-refractivity contribution in [1.29, 1.82) is 0 Å². The Morgan fingerprint density at radius 1 is 1.30 bits per heavy atom. The van der Waals surface area contributed by atoms with E-state index >= 15 is 0 Å². The van der Waals surface area contributed by atoms with Crippen molar-refractivity contribution < 1.29 is 22.4 Å². The molecule has 9 heteroatoms. The number of hydrogen-bond acceptors (Lipinski definition) is 7. The largest absolute Gasteiger partial charge is 0.381 e. The first-order valence-corrected chi connectivity index (χ1v) is 9.80. The van der Waals surface area contributed by atoms with Crippen LogP contribution in [-0.2, 0) is 25.9 Å². The zero-order valence-electron chi connectivity index (χ0n) is 13.3. The van der Waals surface area contributed by atoms with Gasteiger partial charge in [-0.3, -0.25) is 0 Å². The molecule has 2 saturated heterocycles. The van der Waals surface area contributed by atoms with E-state index in [4.69, 9.17) is 14.0 Å². The van der Waals surface area contributed by atoms with Crippen molar-refractivity contribution >= 4 is 10.0 Å². The van der Waals surface area contributed by atoms with Crippen molar-refractivity contribution in [1.82, 2.24) is 14.4 Å². The number of ether oxygens (including phenoxy) is 2. The first-order chi connectivity index (χ1) is 11.0. The van der Waals surface area contributed by atoms with Crippen LogP contribution in [0.4, 0.5) is 0 Å². The van der Waals surface area contributed by atoms with Gasteiger partial charge >= 0.3 is 0 Å². The van der Waals surface area contributed by atoms with Gasteiger partial charge in [-0.15, -0.1) is 0 Å². The fourth-order valence-corrected chi connectivity index (χ4v) is 3.63. The second-order valence-electron chi connectivity index (χ2n) is 6.21. The Balaban J connectivity index is 1.37. The first-order valence-electron chi connectivity index (χ1n) is 7.95. The summed E-state index contributed by atoms with van der Waals surface area (Å²) < 4.78 is 40.3. The quantitative estimate of drug-likeness (QED) is 0.661. The van der Waals surface area contributed by atoms with E-state index in [1.807, 2.05) is 0 Å². The Labute approximate surface area is 136 Å². The highest BCUT2D eigenvalue weighted by molar-refractivity contribution is 7.88. The van der Waals surface area contributed by atoms with Crippen molar-refractivity contribution in [2.24, 2.45) is 5.92 Å². The van der Waals surface area contributed by atoms with Crippen LogP contribution < -0.4 is 0 Å². The maximum atomic E-state index is 11.3. The average Bonchev–Trinajstić information content (AvgIpc) is 2.90. The van der Waals surface area contributed by atoms with Gasteiger partial charge in [0.05, 0.1) is 18.8 Å². The number of rotatable bonds is 7. The van der Waals surface area contributed by atoms with Crippen molar-refractivity contribution in [3.63, 3.8) is 0 Å². The molecule has 0 aliphatic carbocycles. The van der Waals surface area contributed by atoms with Gasteiger partial charge < -0.3 is 14.0 Å². The van der Waals surface area contributed by atoms with E-state index < -0.39 is 10.0 Å². The number of aromatic nitrogens is 2. The fraction of sp³-hybridized carbons (Fsp3) is 0.857. The summed E-state index contributed by atoms with van der Waals surface area (Å²) in [6.45, 7) is 3.81. The van der Waals surface area contributed by atoms with Gasteiger partial charge in [0.25, 0.3) is 0 Å². The molecule has 0 amide bonds. The molecule has 23 heavy (non-hydrogen) atoms. The molecule has 1 aromatic rings. The smallest absolute Gasteiger partial charge is 0.232 e. The van der Waals surface area contributed by atoms with E-state index in [0.717, 1.165) is 32.7 Å². The molecular formula is C14H23N3O5S. The predicted octanol–water partition coefficient (Wildman–Crippen LogP) is 0.414. The lowest BCUT2D eigenvalue weighted by Gasteiger charge is -2.34. The molecule has 0 saturated carbocycles. The van der Waals surface area contributed by atoms with Crippen LogP contribution in [0.3, 0.4) is 0 Å². The maximum Gasteiger partial charge on any atom is 0.232 e. The van der Waals surface area contributed by atoms with Gasteiger partial charge in [-0.25, -0.2) is 12.7 Å². The third kappa shape index (κ3) is 4.50. The summed E-state index contributed by atoms with van der Waals surface area (Å²) in [6, 6.07) is 0. The highest BCUT2D eigenvalue weighted by atomic mass is 32.2. The van der Waals surface area contributed by atoms with Crippen LogP contribution in [-0.4, -0.2) is 68.6 Å². The summed E-state index contributed by atoms with van der Waals surface area (Å²) in [5.74, 6) is 1.73. The van der Waals surface area contributed by atoms with Gasteiger partial charge in [-0.1, -0.05) is 5.16 Å². The molecule has 8 nitrogen and oxygen atoms in total. The van der Waals surface area contributed by atoms with E-state index in [0.29, 0.717) is 43.8 Å². The first kappa shape index (κ1) is 16.8. The fourth-order valence-electron chi connectivity index (χ4n) is 2.73. The molecule has 0 spiro atoms. The highest BCUT2D eigenvalue weighted by Gasteiger charge is 2.37. The van der Waals surface area contributed by atoms with Crippen LogP contribution >= 0.6 is 0 Å². The Morgan fingerprint density at radius 2 is 2.04 bits per heavy atom. The molecule has 0 radical (unpaired) electrons. The van der Waals surface area contributed by atoms with E-state index in [1.54, 1.807) is 0 Å². The normalized spacial score (nSPS) is 21.4. The number of nitrogens with zero attached hydrogens (tertiary/aromatic N) is 3. The van der Waals surface area contributed by atoms with Gasteiger partial charge in [-0.2, -0.15) is 4.98 Å². The van der Waals surface area contributed by atoms with Gasteiger partial charge in [0.15, 0.2) is 5.82 Å². The molecule has 2 aliphatic rings. The van der Waals surface area contributed by atoms with Crippen LogP contribution in [0.15, 0.2) is 4.52 Å². The monoisotopic (exact) mass is 345 g/mol. The van der Waals surface area contributed by atoms with E-state index in [2.05, 4.69) is 10.1 Å². The third-order valence-corrected chi connectivity index (χ3v) is 5.55. The third-order valence-electron chi connectivity index (χ3n) is 4.31. The highest BCUT2D eigenvalue weighted by Crippen LogP contribution is 2.27. The van der Waals surface area contributed by atoms with Crippen LogP contribution in [0.25, 0.3) is 0 Å². The van der Waals surface area contributed by atoms with Gasteiger partial charge in [-0.05, 0) is 18.8 Å². The molecular weight excluding hydrogens is 322 g/mol. The second kappa shape index (κ2) is 7.25. The lowest BCUT2D eigenvalue weighted by Crippen LogP contribution is -2.47. The lowest BCUT2D eigenvalue weighted by molar-refractivity contribution is 0.0211.